The van der Waals surface area contributed by atoms with Crippen LogP contribution in [0.25, 0.3) is 22.2 Å². The highest BCUT2D eigenvalue weighted by molar-refractivity contribution is 7.97. The van der Waals surface area contributed by atoms with Crippen molar-refractivity contribution in [3.8, 4) is 11.3 Å². The number of hydrogen-bond donors (Lipinski definition) is 4. The van der Waals surface area contributed by atoms with Crippen molar-refractivity contribution in [2.24, 2.45) is 5.73 Å². The fourth-order valence-electron chi connectivity index (χ4n) is 5.43. The van der Waals surface area contributed by atoms with E-state index in [-0.39, 0.29) is 6.61 Å². The number of aliphatic hydroxyl groups excluding tert-OH is 1. The number of amides is 1. The summed E-state index contributed by atoms with van der Waals surface area (Å²) >= 11 is 2.01. The topological polar surface area (TPSA) is 101 Å². The number of nitrogens with two attached hydrogens (primary N) is 1. The number of aromatic amines is 2. The van der Waals surface area contributed by atoms with E-state index in [0.717, 1.165) is 53.8 Å². The number of likely N-dealkylation sites (tertiary alicyclic amines) is 1. The standard InChI is InChI=1S/C26H35N5O2S/c27-26(33)22-15-19(24-5-4-20(17-32)29-24)14-21-23(16-28-25(21)22)18-6-11-31(12-7-18)34-13-3-10-30-8-1-2-9-30/h4-5,14-16,18,28-29,32H,1-3,6-13,17H2,(H2,27,33). The van der Waals surface area contributed by atoms with Crippen LogP contribution in [0.15, 0.2) is 30.5 Å². The molecular weight excluding hydrogens is 446 g/mol. The van der Waals surface area contributed by atoms with Crippen molar-refractivity contribution in [2.45, 2.75) is 44.6 Å². The number of carbonyl (C=O) groups excluding carboxylic acids is 1. The van der Waals surface area contributed by atoms with Gasteiger partial charge in [0.15, 0.2) is 0 Å². The SMILES string of the molecule is NC(=O)c1cc(-c2ccc(CO)[nH]2)cc2c(C3CCN(SCCCN4CCCC4)CC3)c[nH]c12. The summed E-state index contributed by atoms with van der Waals surface area (Å²) in [7, 11) is 0. The number of piperidine rings is 1. The number of rotatable bonds is 9. The number of aliphatic hydroxyl groups is 1. The second-order valence-electron chi connectivity index (χ2n) is 9.55. The van der Waals surface area contributed by atoms with Gasteiger partial charge in [0.2, 0.25) is 0 Å². The first-order valence-corrected chi connectivity index (χ1v) is 13.4. The molecule has 1 aromatic carbocycles. The molecule has 2 aliphatic rings. The summed E-state index contributed by atoms with van der Waals surface area (Å²) in [6.07, 6.45) is 8.29. The molecule has 2 aliphatic heterocycles. The molecule has 0 spiro atoms. The van der Waals surface area contributed by atoms with E-state index >= 15 is 0 Å². The van der Waals surface area contributed by atoms with Gasteiger partial charge in [0, 0.05) is 41.8 Å². The van der Waals surface area contributed by atoms with E-state index in [9.17, 15) is 9.90 Å². The number of H-pyrrole nitrogens is 2. The summed E-state index contributed by atoms with van der Waals surface area (Å²) < 4.78 is 2.53. The Hall–Kier alpha value is -2.26. The number of carbonyl (C=O) groups is 1. The zero-order chi connectivity index (χ0) is 23.5. The lowest BCUT2D eigenvalue weighted by Gasteiger charge is -2.31. The quantitative estimate of drug-likeness (QED) is 0.273. The average molecular weight is 482 g/mol. The highest BCUT2D eigenvalue weighted by Gasteiger charge is 2.25. The van der Waals surface area contributed by atoms with Crippen LogP contribution in [0.1, 0.15) is 59.6 Å². The van der Waals surface area contributed by atoms with Crippen LogP contribution in [0.5, 0.6) is 0 Å². The third kappa shape index (κ3) is 5.05. The molecule has 0 atom stereocenters. The van der Waals surface area contributed by atoms with Crippen LogP contribution in [0.3, 0.4) is 0 Å². The van der Waals surface area contributed by atoms with Gasteiger partial charge >= 0.3 is 0 Å². The average Bonchev–Trinajstić information content (AvgIpc) is 3.62. The van der Waals surface area contributed by atoms with Gasteiger partial charge < -0.3 is 25.7 Å². The number of primary amides is 1. The minimum atomic E-state index is -0.436. The van der Waals surface area contributed by atoms with Crippen LogP contribution in [-0.4, -0.2) is 68.7 Å². The highest BCUT2D eigenvalue weighted by Crippen LogP contribution is 2.37. The Kier molecular flexibility index (Phi) is 7.29. The minimum absolute atomic E-state index is 0.0465. The van der Waals surface area contributed by atoms with E-state index in [2.05, 4.69) is 31.4 Å². The van der Waals surface area contributed by atoms with Gasteiger partial charge in [-0.15, -0.1) is 0 Å². The van der Waals surface area contributed by atoms with Crippen LogP contribution < -0.4 is 5.73 Å². The third-order valence-corrected chi connectivity index (χ3v) is 8.50. The molecule has 5 rings (SSSR count). The zero-order valence-electron chi connectivity index (χ0n) is 19.7. The Balaban J connectivity index is 1.27. The lowest BCUT2D eigenvalue weighted by Crippen LogP contribution is -2.28. The molecule has 34 heavy (non-hydrogen) atoms. The molecule has 0 radical (unpaired) electrons. The number of nitrogens with one attached hydrogen (secondary N) is 2. The maximum absolute atomic E-state index is 12.2. The van der Waals surface area contributed by atoms with Crippen molar-refractivity contribution in [1.29, 1.82) is 0 Å². The third-order valence-electron chi connectivity index (χ3n) is 7.30. The first kappa shape index (κ1) is 23.5. The minimum Gasteiger partial charge on any atom is -0.390 e. The lowest BCUT2D eigenvalue weighted by molar-refractivity contribution is 0.100. The van der Waals surface area contributed by atoms with Crippen LogP contribution in [0.4, 0.5) is 0 Å². The van der Waals surface area contributed by atoms with E-state index in [1.165, 1.54) is 50.2 Å². The summed E-state index contributed by atoms with van der Waals surface area (Å²) in [6.45, 7) is 5.94. The molecule has 2 saturated heterocycles. The fourth-order valence-corrected chi connectivity index (χ4v) is 6.41. The fraction of sp³-hybridized carbons (Fsp3) is 0.500. The molecule has 0 aliphatic carbocycles. The normalized spacial score (nSPS) is 18.3. The first-order valence-electron chi connectivity index (χ1n) is 12.5. The Bertz CT molecular complexity index is 1130. The largest absolute Gasteiger partial charge is 0.390 e. The number of nitrogens with zero attached hydrogens (tertiary/aromatic N) is 2. The first-order chi connectivity index (χ1) is 16.6. The Morgan fingerprint density at radius 3 is 2.65 bits per heavy atom. The van der Waals surface area contributed by atoms with E-state index in [4.69, 9.17) is 5.73 Å². The Morgan fingerprint density at radius 2 is 1.94 bits per heavy atom. The molecule has 0 bridgehead atoms. The van der Waals surface area contributed by atoms with Crippen LogP contribution in [-0.2, 0) is 6.61 Å². The van der Waals surface area contributed by atoms with Crippen LogP contribution >= 0.6 is 11.9 Å². The summed E-state index contributed by atoms with van der Waals surface area (Å²) in [5.41, 5.74) is 10.9. The molecule has 7 nitrogen and oxygen atoms in total. The molecule has 2 aromatic heterocycles. The molecule has 5 N–H and O–H groups in total. The van der Waals surface area contributed by atoms with Crippen LogP contribution in [0, 0.1) is 0 Å². The van der Waals surface area contributed by atoms with Crippen molar-refractivity contribution in [2.75, 3.05) is 38.5 Å². The van der Waals surface area contributed by atoms with E-state index in [0.29, 0.717) is 11.5 Å². The van der Waals surface area contributed by atoms with Gasteiger partial charge in [-0.2, -0.15) is 0 Å². The smallest absolute Gasteiger partial charge is 0.250 e. The molecule has 1 amide bonds. The summed E-state index contributed by atoms with van der Waals surface area (Å²) in [5, 5.41) is 10.5. The van der Waals surface area contributed by atoms with Crippen molar-refractivity contribution < 1.29 is 9.90 Å². The predicted octanol–water partition coefficient (Wildman–Crippen LogP) is 4.07. The van der Waals surface area contributed by atoms with Gasteiger partial charge in [0.1, 0.15) is 0 Å². The summed E-state index contributed by atoms with van der Waals surface area (Å²) in [4.78, 5) is 21.4. The highest BCUT2D eigenvalue weighted by atomic mass is 32.2. The molecule has 3 aromatic rings. The molecule has 4 heterocycles. The maximum Gasteiger partial charge on any atom is 0.250 e. The maximum atomic E-state index is 12.2. The molecular formula is C26H35N5O2S. The van der Waals surface area contributed by atoms with Crippen molar-refractivity contribution in [1.82, 2.24) is 19.2 Å². The Labute approximate surface area is 205 Å². The van der Waals surface area contributed by atoms with Crippen molar-refractivity contribution >= 4 is 28.8 Å². The van der Waals surface area contributed by atoms with Crippen LogP contribution in [0.2, 0.25) is 0 Å². The zero-order valence-corrected chi connectivity index (χ0v) is 20.5. The van der Waals surface area contributed by atoms with Gasteiger partial charge in [-0.1, -0.05) is 11.9 Å². The van der Waals surface area contributed by atoms with Crippen molar-refractivity contribution in [3.63, 3.8) is 0 Å². The van der Waals surface area contributed by atoms with Gasteiger partial charge in [-0.05, 0) is 93.0 Å². The van der Waals surface area contributed by atoms with Gasteiger partial charge in [-0.3, -0.25) is 9.10 Å². The predicted molar refractivity (Wildman–Crippen MR) is 139 cm³/mol. The van der Waals surface area contributed by atoms with Gasteiger partial charge in [0.05, 0.1) is 17.7 Å². The number of hydrogen-bond acceptors (Lipinski definition) is 5. The molecule has 0 unspecified atom stereocenters. The molecule has 0 saturated carbocycles. The summed E-state index contributed by atoms with van der Waals surface area (Å²) in [5.74, 6) is 1.23. The van der Waals surface area contributed by atoms with E-state index in [1.807, 2.05) is 30.1 Å². The second kappa shape index (κ2) is 10.6. The molecule has 8 heteroatoms. The molecule has 182 valence electrons. The van der Waals surface area contributed by atoms with Gasteiger partial charge in [-0.25, -0.2) is 0 Å². The number of fused-ring (bicyclic) bond motifs is 1. The molecule has 2 fully saturated rings. The number of benzene rings is 1. The monoisotopic (exact) mass is 481 g/mol. The van der Waals surface area contributed by atoms with E-state index < -0.39 is 5.91 Å². The summed E-state index contributed by atoms with van der Waals surface area (Å²) in [6, 6.07) is 7.77. The van der Waals surface area contributed by atoms with Gasteiger partial charge in [0.25, 0.3) is 5.91 Å². The second-order valence-corrected chi connectivity index (χ2v) is 10.7. The van der Waals surface area contributed by atoms with E-state index in [1.54, 1.807) is 0 Å². The lowest BCUT2D eigenvalue weighted by atomic mass is 9.89. The Morgan fingerprint density at radius 1 is 1.15 bits per heavy atom. The number of aromatic nitrogens is 2. The van der Waals surface area contributed by atoms with Crippen molar-refractivity contribution in [3.05, 3.63) is 47.3 Å².